The van der Waals surface area contributed by atoms with E-state index in [0.29, 0.717) is 5.02 Å². The summed E-state index contributed by atoms with van der Waals surface area (Å²) in [5.41, 5.74) is 0.351. The van der Waals surface area contributed by atoms with E-state index >= 15 is 0 Å². The summed E-state index contributed by atoms with van der Waals surface area (Å²) in [6, 6.07) is 6.98. The first-order valence-electron chi connectivity index (χ1n) is 5.06. The molecule has 0 aliphatic heterocycles. The van der Waals surface area contributed by atoms with Crippen LogP contribution in [0.4, 0.5) is 5.69 Å². The number of aliphatic hydroxyl groups is 1. The summed E-state index contributed by atoms with van der Waals surface area (Å²) in [4.78, 5) is 13.2. The number of carbonyl (C=O) groups is 1. The molecule has 0 radical (unpaired) electrons. The Bertz CT molecular complexity index is 368. The van der Waals surface area contributed by atoms with Gasteiger partial charge in [-0.15, -0.1) is 0 Å². The van der Waals surface area contributed by atoms with Crippen molar-refractivity contribution in [2.24, 2.45) is 0 Å². The van der Waals surface area contributed by atoms with Crippen LogP contribution in [-0.2, 0) is 4.79 Å². The quantitative estimate of drug-likeness (QED) is 0.864. The molecular formula is C12H16ClNO2. The molecular weight excluding hydrogens is 226 g/mol. The van der Waals surface area contributed by atoms with Crippen molar-refractivity contribution in [2.75, 3.05) is 11.5 Å². The number of aliphatic hydroxyl groups excluding tert-OH is 1. The molecule has 0 aliphatic rings. The normalized spacial score (nSPS) is 11.3. The molecule has 0 saturated heterocycles. The van der Waals surface area contributed by atoms with Gasteiger partial charge in [0, 0.05) is 16.2 Å². The molecule has 16 heavy (non-hydrogen) atoms. The molecule has 0 unspecified atom stereocenters. The van der Waals surface area contributed by atoms with Crippen LogP contribution in [0.15, 0.2) is 24.3 Å². The van der Waals surface area contributed by atoms with Gasteiger partial charge in [-0.1, -0.05) is 11.6 Å². The molecule has 1 rings (SSSR count). The van der Waals surface area contributed by atoms with Crippen molar-refractivity contribution < 1.29 is 9.90 Å². The van der Waals surface area contributed by atoms with Gasteiger partial charge in [-0.25, -0.2) is 0 Å². The van der Waals surface area contributed by atoms with Crippen LogP contribution in [0.1, 0.15) is 20.8 Å². The molecule has 0 heterocycles. The Balaban J connectivity index is 3.11. The second-order valence-corrected chi connectivity index (χ2v) is 4.97. The molecule has 0 spiro atoms. The van der Waals surface area contributed by atoms with Crippen LogP contribution < -0.4 is 4.90 Å². The minimum Gasteiger partial charge on any atom is -0.387 e. The SMILES string of the molecule is CC(C)(C)N(C(=O)CO)c1ccc(Cl)cc1. The molecule has 3 nitrogen and oxygen atoms in total. The van der Waals surface area contributed by atoms with E-state index in [-0.39, 0.29) is 11.4 Å². The van der Waals surface area contributed by atoms with Crippen LogP contribution in [0.5, 0.6) is 0 Å². The standard InChI is InChI=1S/C12H16ClNO2/c1-12(2,3)14(11(16)8-15)10-6-4-9(13)5-7-10/h4-7,15H,8H2,1-3H3. The van der Waals surface area contributed by atoms with Gasteiger partial charge < -0.3 is 10.0 Å². The van der Waals surface area contributed by atoms with Gasteiger partial charge in [0.1, 0.15) is 6.61 Å². The lowest BCUT2D eigenvalue weighted by Gasteiger charge is -2.35. The predicted molar refractivity (Wildman–Crippen MR) is 65.8 cm³/mol. The summed E-state index contributed by atoms with van der Waals surface area (Å²) < 4.78 is 0. The van der Waals surface area contributed by atoms with E-state index in [4.69, 9.17) is 16.7 Å². The molecule has 88 valence electrons. The van der Waals surface area contributed by atoms with Crippen LogP contribution in [0, 0.1) is 0 Å². The smallest absolute Gasteiger partial charge is 0.253 e. The molecule has 0 fully saturated rings. The molecule has 0 saturated carbocycles. The summed E-state index contributed by atoms with van der Waals surface area (Å²) in [7, 11) is 0. The molecule has 1 amide bonds. The van der Waals surface area contributed by atoms with Gasteiger partial charge in [0.2, 0.25) is 0 Å². The Morgan fingerprint density at radius 1 is 1.31 bits per heavy atom. The fourth-order valence-corrected chi connectivity index (χ4v) is 1.69. The van der Waals surface area contributed by atoms with Gasteiger partial charge in [-0.05, 0) is 45.0 Å². The van der Waals surface area contributed by atoms with Crippen LogP contribution in [-0.4, -0.2) is 23.2 Å². The third-order valence-corrected chi connectivity index (χ3v) is 2.39. The number of rotatable bonds is 2. The molecule has 0 bridgehead atoms. The van der Waals surface area contributed by atoms with E-state index in [0.717, 1.165) is 5.69 Å². The van der Waals surface area contributed by atoms with Crippen molar-refractivity contribution in [1.82, 2.24) is 0 Å². The zero-order chi connectivity index (χ0) is 12.3. The van der Waals surface area contributed by atoms with Gasteiger partial charge in [0.25, 0.3) is 5.91 Å². The van der Waals surface area contributed by atoms with Crippen molar-refractivity contribution in [2.45, 2.75) is 26.3 Å². The molecule has 0 atom stereocenters. The van der Waals surface area contributed by atoms with E-state index in [1.165, 1.54) is 0 Å². The average molecular weight is 242 g/mol. The third kappa shape index (κ3) is 2.97. The first kappa shape index (κ1) is 13.0. The zero-order valence-electron chi connectivity index (χ0n) is 9.70. The second kappa shape index (κ2) is 4.85. The van der Waals surface area contributed by atoms with E-state index in [2.05, 4.69) is 0 Å². The molecule has 1 aromatic rings. The lowest BCUT2D eigenvalue weighted by molar-refractivity contribution is -0.122. The zero-order valence-corrected chi connectivity index (χ0v) is 10.5. The number of benzene rings is 1. The van der Waals surface area contributed by atoms with Crippen LogP contribution in [0.3, 0.4) is 0 Å². The van der Waals surface area contributed by atoms with Gasteiger partial charge in [-0.2, -0.15) is 0 Å². The average Bonchev–Trinajstić information content (AvgIpc) is 2.19. The molecule has 0 aliphatic carbocycles. The maximum absolute atomic E-state index is 11.7. The third-order valence-electron chi connectivity index (χ3n) is 2.14. The topological polar surface area (TPSA) is 40.5 Å². The Kier molecular flexibility index (Phi) is 3.94. The van der Waals surface area contributed by atoms with E-state index in [1.54, 1.807) is 29.2 Å². The highest BCUT2D eigenvalue weighted by molar-refractivity contribution is 6.30. The predicted octanol–water partition coefficient (Wildman–Crippen LogP) is 2.46. The van der Waals surface area contributed by atoms with E-state index in [9.17, 15) is 4.79 Å². The number of hydrogen-bond donors (Lipinski definition) is 1. The first-order valence-corrected chi connectivity index (χ1v) is 5.43. The Morgan fingerprint density at radius 3 is 2.19 bits per heavy atom. The molecule has 1 N–H and O–H groups in total. The van der Waals surface area contributed by atoms with Crippen LogP contribution in [0.2, 0.25) is 5.02 Å². The number of anilines is 1. The van der Waals surface area contributed by atoms with Crippen molar-refractivity contribution in [3.05, 3.63) is 29.3 Å². The summed E-state index contributed by atoms with van der Waals surface area (Å²) >= 11 is 5.79. The van der Waals surface area contributed by atoms with Crippen molar-refractivity contribution in [3.63, 3.8) is 0 Å². The van der Waals surface area contributed by atoms with E-state index in [1.807, 2.05) is 20.8 Å². The van der Waals surface area contributed by atoms with Gasteiger partial charge in [0.05, 0.1) is 0 Å². The largest absolute Gasteiger partial charge is 0.387 e. The highest BCUT2D eigenvalue weighted by Crippen LogP contribution is 2.25. The second-order valence-electron chi connectivity index (χ2n) is 4.53. The van der Waals surface area contributed by atoms with Crippen molar-refractivity contribution >= 4 is 23.2 Å². The van der Waals surface area contributed by atoms with Crippen LogP contribution >= 0.6 is 11.6 Å². The number of hydrogen-bond acceptors (Lipinski definition) is 2. The van der Waals surface area contributed by atoms with Gasteiger partial charge >= 0.3 is 0 Å². The van der Waals surface area contributed by atoms with Gasteiger partial charge in [0.15, 0.2) is 0 Å². The fraction of sp³-hybridized carbons (Fsp3) is 0.417. The maximum Gasteiger partial charge on any atom is 0.253 e. The number of nitrogens with zero attached hydrogens (tertiary/aromatic N) is 1. The lowest BCUT2D eigenvalue weighted by Crippen LogP contribution is -2.47. The Labute approximate surface area is 101 Å². The molecule has 4 heteroatoms. The summed E-state index contributed by atoms with van der Waals surface area (Å²) in [5.74, 6) is -0.324. The summed E-state index contributed by atoms with van der Waals surface area (Å²) in [6.07, 6.45) is 0. The molecule has 0 aromatic heterocycles. The highest BCUT2D eigenvalue weighted by atomic mass is 35.5. The lowest BCUT2D eigenvalue weighted by atomic mass is 10.0. The Morgan fingerprint density at radius 2 is 1.81 bits per heavy atom. The minimum absolute atomic E-state index is 0.324. The van der Waals surface area contributed by atoms with Gasteiger partial charge in [-0.3, -0.25) is 4.79 Å². The maximum atomic E-state index is 11.7. The van der Waals surface area contributed by atoms with Crippen molar-refractivity contribution in [1.29, 1.82) is 0 Å². The number of carbonyl (C=O) groups excluding carboxylic acids is 1. The number of halogens is 1. The summed E-state index contributed by atoms with van der Waals surface area (Å²) in [5, 5.41) is 9.59. The fourth-order valence-electron chi connectivity index (χ4n) is 1.57. The highest BCUT2D eigenvalue weighted by Gasteiger charge is 2.27. The van der Waals surface area contributed by atoms with Crippen LogP contribution in [0.25, 0.3) is 0 Å². The monoisotopic (exact) mass is 241 g/mol. The van der Waals surface area contributed by atoms with E-state index < -0.39 is 6.61 Å². The van der Waals surface area contributed by atoms with Crippen molar-refractivity contribution in [3.8, 4) is 0 Å². The molecule has 1 aromatic carbocycles. The first-order chi connectivity index (χ1) is 7.36. The minimum atomic E-state index is -0.500. The Hall–Kier alpha value is -1.06. The number of amides is 1. The summed E-state index contributed by atoms with van der Waals surface area (Å²) in [6.45, 7) is 5.24.